The average Bonchev–Trinajstić information content (AvgIpc) is 2.79. The molecule has 1 fully saturated rings. The maximum atomic E-state index is 10.8. The van der Waals surface area contributed by atoms with Gasteiger partial charge in [0.25, 0.3) is 5.69 Å². The van der Waals surface area contributed by atoms with E-state index in [4.69, 9.17) is 0 Å². The first-order valence-electron chi connectivity index (χ1n) is 5.07. The monoisotopic (exact) mass is 235 g/mol. The van der Waals surface area contributed by atoms with E-state index < -0.39 is 0 Å². The maximum Gasteiger partial charge on any atom is 0.272 e. The summed E-state index contributed by atoms with van der Waals surface area (Å²) in [6, 6.07) is 3.15. The molecule has 1 aliphatic carbocycles. The maximum absolute atomic E-state index is 10.8. The third-order valence-electron chi connectivity index (χ3n) is 3.10. The van der Waals surface area contributed by atoms with Crippen LogP contribution in [0.25, 0.3) is 11.0 Å². The van der Waals surface area contributed by atoms with Crippen molar-refractivity contribution in [1.82, 2.24) is 8.75 Å². The van der Waals surface area contributed by atoms with E-state index >= 15 is 0 Å². The van der Waals surface area contributed by atoms with Crippen LogP contribution in [-0.2, 0) is 0 Å². The van der Waals surface area contributed by atoms with E-state index in [1.165, 1.54) is 6.07 Å². The summed E-state index contributed by atoms with van der Waals surface area (Å²) in [4.78, 5) is 10.4. The number of hydrogen-bond donors (Lipinski definition) is 0. The van der Waals surface area contributed by atoms with E-state index in [0.29, 0.717) is 17.4 Å². The van der Waals surface area contributed by atoms with E-state index in [1.807, 2.05) is 0 Å². The van der Waals surface area contributed by atoms with Crippen LogP contribution in [0.1, 0.15) is 24.8 Å². The molecule has 2 aromatic rings. The summed E-state index contributed by atoms with van der Waals surface area (Å²) in [5.41, 5.74) is 2.60. The van der Waals surface area contributed by atoms with E-state index in [-0.39, 0.29) is 10.6 Å². The molecule has 0 radical (unpaired) electrons. The fraction of sp³-hybridized carbons (Fsp3) is 0.400. The molecule has 1 heterocycles. The molecule has 1 aliphatic rings. The van der Waals surface area contributed by atoms with Crippen molar-refractivity contribution in [3.8, 4) is 0 Å². The summed E-state index contributed by atoms with van der Waals surface area (Å²) in [7, 11) is 0. The van der Waals surface area contributed by atoms with Gasteiger partial charge >= 0.3 is 0 Å². The normalized spacial score (nSPS) is 23.6. The van der Waals surface area contributed by atoms with E-state index in [9.17, 15) is 10.1 Å². The first-order valence-corrected chi connectivity index (χ1v) is 5.80. The van der Waals surface area contributed by atoms with Gasteiger partial charge in [-0.25, -0.2) is 0 Å². The van der Waals surface area contributed by atoms with Gasteiger partial charge in [0.2, 0.25) is 0 Å². The fourth-order valence-corrected chi connectivity index (χ4v) is 2.59. The topological polar surface area (TPSA) is 68.9 Å². The molecular weight excluding hydrogens is 226 g/mol. The third kappa shape index (κ3) is 1.37. The molecule has 16 heavy (non-hydrogen) atoms. The largest absolute Gasteiger partial charge is 0.272 e. The Kier molecular flexibility index (Phi) is 1.94. The zero-order valence-corrected chi connectivity index (χ0v) is 9.40. The van der Waals surface area contributed by atoms with Crippen molar-refractivity contribution < 1.29 is 4.92 Å². The minimum absolute atomic E-state index is 0.120. The molecule has 6 heteroatoms. The van der Waals surface area contributed by atoms with Gasteiger partial charge in [0, 0.05) is 12.1 Å². The van der Waals surface area contributed by atoms with Crippen LogP contribution in [0.5, 0.6) is 0 Å². The molecule has 1 aromatic carbocycles. The molecule has 0 spiro atoms. The molecule has 3 rings (SSSR count). The standard InChI is InChI=1S/C10H9N3O2S/c1-5-2-7(5)8-3-6(13(14)15)4-9-10(8)12-16-11-9/h3-5,7H,2H2,1H3/t5?,7-/m0/s1. The molecule has 5 nitrogen and oxygen atoms in total. The van der Waals surface area contributed by atoms with Crippen LogP contribution in [0.15, 0.2) is 12.1 Å². The molecule has 0 saturated heterocycles. The molecular formula is C10H9N3O2S. The van der Waals surface area contributed by atoms with Crippen molar-refractivity contribution in [1.29, 1.82) is 0 Å². The highest BCUT2D eigenvalue weighted by molar-refractivity contribution is 7.00. The predicted octanol–water partition coefficient (Wildman–Crippen LogP) is 2.72. The minimum atomic E-state index is -0.366. The Morgan fingerprint density at radius 1 is 1.50 bits per heavy atom. The van der Waals surface area contributed by atoms with Crippen molar-refractivity contribution in [3.63, 3.8) is 0 Å². The molecule has 2 atom stereocenters. The summed E-state index contributed by atoms with van der Waals surface area (Å²) in [6.45, 7) is 2.15. The van der Waals surface area contributed by atoms with Crippen molar-refractivity contribution in [2.45, 2.75) is 19.3 Å². The second-order valence-corrected chi connectivity index (χ2v) is 4.77. The molecule has 0 bridgehead atoms. The average molecular weight is 235 g/mol. The minimum Gasteiger partial charge on any atom is -0.258 e. The molecule has 82 valence electrons. The highest BCUT2D eigenvalue weighted by Crippen LogP contribution is 2.49. The Hall–Kier alpha value is -1.56. The number of nitro benzene ring substituents is 1. The highest BCUT2D eigenvalue weighted by Gasteiger charge is 2.37. The Balaban J connectivity index is 2.23. The van der Waals surface area contributed by atoms with Gasteiger partial charge in [-0.15, -0.1) is 0 Å². The molecule has 0 aliphatic heterocycles. The molecule has 0 N–H and O–H groups in total. The number of rotatable bonds is 2. The van der Waals surface area contributed by atoms with Crippen LogP contribution in [0.2, 0.25) is 0 Å². The van der Waals surface area contributed by atoms with Gasteiger partial charge in [-0.05, 0) is 23.8 Å². The molecule has 1 aromatic heterocycles. The third-order valence-corrected chi connectivity index (χ3v) is 3.64. The lowest BCUT2D eigenvalue weighted by molar-refractivity contribution is -0.384. The Bertz CT molecular complexity index is 580. The second kappa shape index (κ2) is 3.21. The number of aromatic nitrogens is 2. The Morgan fingerprint density at radius 2 is 2.25 bits per heavy atom. The van der Waals surface area contributed by atoms with E-state index in [0.717, 1.165) is 29.2 Å². The zero-order valence-electron chi connectivity index (χ0n) is 8.58. The SMILES string of the molecule is CC1C[C@@H]1c1cc([N+](=O)[O-])cc2nsnc12. The molecule has 1 unspecified atom stereocenters. The van der Waals surface area contributed by atoms with Gasteiger partial charge in [-0.2, -0.15) is 8.75 Å². The van der Waals surface area contributed by atoms with Gasteiger partial charge in [0.05, 0.1) is 16.7 Å². The molecule has 0 amide bonds. The van der Waals surface area contributed by atoms with Gasteiger partial charge in [0.1, 0.15) is 11.0 Å². The van der Waals surface area contributed by atoms with Crippen molar-refractivity contribution in [2.24, 2.45) is 5.92 Å². The summed E-state index contributed by atoms with van der Waals surface area (Å²) < 4.78 is 8.31. The van der Waals surface area contributed by atoms with Crippen molar-refractivity contribution in [3.05, 3.63) is 27.8 Å². The lowest BCUT2D eigenvalue weighted by atomic mass is 10.1. The Morgan fingerprint density at radius 3 is 2.88 bits per heavy atom. The van der Waals surface area contributed by atoms with Crippen LogP contribution in [0.4, 0.5) is 5.69 Å². The quantitative estimate of drug-likeness (QED) is 0.592. The lowest BCUT2D eigenvalue weighted by Crippen LogP contribution is -1.92. The first-order chi connectivity index (χ1) is 7.66. The predicted molar refractivity (Wildman–Crippen MR) is 60.6 cm³/mol. The van der Waals surface area contributed by atoms with Crippen LogP contribution >= 0.6 is 11.7 Å². The number of hydrogen-bond acceptors (Lipinski definition) is 5. The lowest BCUT2D eigenvalue weighted by Gasteiger charge is -1.99. The second-order valence-electron chi connectivity index (χ2n) is 4.24. The van der Waals surface area contributed by atoms with Gasteiger partial charge in [-0.1, -0.05) is 6.92 Å². The fourth-order valence-electron chi connectivity index (χ4n) is 2.04. The summed E-state index contributed by atoms with van der Waals surface area (Å²) >= 11 is 1.11. The van der Waals surface area contributed by atoms with Gasteiger partial charge in [0.15, 0.2) is 0 Å². The van der Waals surface area contributed by atoms with E-state index in [1.54, 1.807) is 6.07 Å². The molecule has 1 saturated carbocycles. The number of benzene rings is 1. The summed E-state index contributed by atoms with van der Waals surface area (Å²) in [5.74, 6) is 1.03. The number of non-ortho nitro benzene ring substituents is 1. The number of nitro groups is 1. The smallest absolute Gasteiger partial charge is 0.258 e. The Labute approximate surface area is 95.6 Å². The van der Waals surface area contributed by atoms with Crippen LogP contribution < -0.4 is 0 Å². The first kappa shape index (κ1) is 9.65. The summed E-state index contributed by atoms with van der Waals surface area (Å²) in [5, 5.41) is 10.8. The van der Waals surface area contributed by atoms with Crippen molar-refractivity contribution in [2.75, 3.05) is 0 Å². The van der Waals surface area contributed by atoms with Crippen molar-refractivity contribution >= 4 is 28.4 Å². The van der Waals surface area contributed by atoms with E-state index in [2.05, 4.69) is 15.7 Å². The van der Waals surface area contributed by atoms with Gasteiger partial charge < -0.3 is 0 Å². The summed E-state index contributed by atoms with van der Waals surface area (Å²) in [6.07, 6.45) is 1.09. The number of nitrogens with zero attached hydrogens (tertiary/aromatic N) is 3. The number of fused-ring (bicyclic) bond motifs is 1. The zero-order chi connectivity index (χ0) is 11.3. The van der Waals surface area contributed by atoms with Crippen LogP contribution in [0.3, 0.4) is 0 Å². The van der Waals surface area contributed by atoms with Crippen LogP contribution in [-0.4, -0.2) is 13.7 Å². The van der Waals surface area contributed by atoms with Gasteiger partial charge in [-0.3, -0.25) is 10.1 Å². The van der Waals surface area contributed by atoms with Crippen LogP contribution in [0, 0.1) is 16.0 Å². The highest BCUT2D eigenvalue weighted by atomic mass is 32.1.